The molecule has 29 heavy (non-hydrogen) atoms. The van der Waals surface area contributed by atoms with Crippen LogP contribution in [0.15, 0.2) is 67.1 Å². The Morgan fingerprint density at radius 2 is 1.83 bits per heavy atom. The van der Waals surface area contributed by atoms with Gasteiger partial charge < -0.3 is 15.6 Å². The smallest absolute Gasteiger partial charge is 0.271 e. The molecule has 2 aromatic carbocycles. The van der Waals surface area contributed by atoms with Gasteiger partial charge in [-0.1, -0.05) is 42.5 Å². The van der Waals surface area contributed by atoms with Gasteiger partial charge in [-0.3, -0.25) is 4.79 Å². The summed E-state index contributed by atoms with van der Waals surface area (Å²) in [6.45, 7) is 3.23. The zero-order chi connectivity index (χ0) is 20.1. The van der Waals surface area contributed by atoms with Gasteiger partial charge in [-0.25, -0.2) is 9.97 Å². The monoisotopic (exact) mass is 385 g/mol. The first-order valence-corrected chi connectivity index (χ1v) is 9.64. The van der Waals surface area contributed by atoms with E-state index in [1.54, 1.807) is 6.20 Å². The van der Waals surface area contributed by atoms with Crippen molar-refractivity contribution in [2.45, 2.75) is 19.9 Å². The van der Waals surface area contributed by atoms with Crippen LogP contribution in [-0.4, -0.2) is 27.4 Å². The van der Waals surface area contributed by atoms with Crippen LogP contribution in [0.5, 0.6) is 0 Å². The Labute approximate surface area is 169 Å². The molecular weight excluding hydrogens is 362 g/mol. The molecule has 0 spiro atoms. The zero-order valence-corrected chi connectivity index (χ0v) is 16.3. The lowest BCUT2D eigenvalue weighted by Crippen LogP contribution is -2.24. The molecule has 0 aliphatic rings. The lowest BCUT2D eigenvalue weighted by molar-refractivity contribution is 0.0945. The van der Waals surface area contributed by atoms with Gasteiger partial charge in [0, 0.05) is 30.2 Å². The fourth-order valence-electron chi connectivity index (χ4n) is 3.27. The third-order valence-electron chi connectivity index (χ3n) is 4.96. The van der Waals surface area contributed by atoms with Crippen LogP contribution in [0.1, 0.15) is 27.2 Å². The largest absolute Gasteiger partial charge is 0.368 e. The summed E-state index contributed by atoms with van der Waals surface area (Å²) in [7, 11) is 0. The highest BCUT2D eigenvalue weighted by molar-refractivity contribution is 5.92. The molecule has 0 aliphatic carbocycles. The second-order valence-electron chi connectivity index (χ2n) is 6.93. The van der Waals surface area contributed by atoms with Crippen molar-refractivity contribution in [3.63, 3.8) is 0 Å². The van der Waals surface area contributed by atoms with E-state index in [1.165, 1.54) is 17.1 Å². The lowest BCUT2D eigenvalue weighted by atomic mass is 10.1. The summed E-state index contributed by atoms with van der Waals surface area (Å²) in [5.74, 6) is 0.423. The van der Waals surface area contributed by atoms with Crippen LogP contribution in [0.4, 0.5) is 5.82 Å². The minimum Gasteiger partial charge on any atom is -0.368 e. The zero-order valence-electron chi connectivity index (χ0n) is 16.3. The summed E-state index contributed by atoms with van der Waals surface area (Å²) in [4.78, 5) is 24.1. The van der Waals surface area contributed by atoms with Crippen LogP contribution in [0.25, 0.3) is 10.9 Å². The van der Waals surface area contributed by atoms with E-state index in [2.05, 4.69) is 37.7 Å². The maximum absolute atomic E-state index is 12.3. The number of aryl methyl sites for hydroxylation is 1. The first-order chi connectivity index (χ1) is 14.2. The Bertz CT molecular complexity index is 1120. The molecule has 0 unspecified atom stereocenters. The molecule has 4 aromatic rings. The van der Waals surface area contributed by atoms with Crippen molar-refractivity contribution in [1.82, 2.24) is 20.3 Å². The highest BCUT2D eigenvalue weighted by Gasteiger charge is 2.09. The number of amides is 1. The van der Waals surface area contributed by atoms with Gasteiger partial charge in [0.05, 0.1) is 12.4 Å². The molecule has 1 amide bonds. The van der Waals surface area contributed by atoms with Crippen LogP contribution in [-0.2, 0) is 13.0 Å². The van der Waals surface area contributed by atoms with Gasteiger partial charge >= 0.3 is 0 Å². The molecule has 0 saturated carbocycles. The average molecular weight is 385 g/mol. The number of carbonyl (C=O) groups is 1. The highest BCUT2D eigenvalue weighted by Crippen LogP contribution is 2.18. The molecule has 146 valence electrons. The molecular formula is C23H23N5O. The highest BCUT2D eigenvalue weighted by atomic mass is 16.1. The number of nitrogens with one attached hydrogen (secondary N) is 3. The molecule has 0 fully saturated rings. The number of fused-ring (bicyclic) bond motifs is 1. The number of rotatable bonds is 7. The SMILES string of the molecule is Cc1ccccc1CNC(=O)c1cnc(NCCc2c[nH]c3ccccc23)cn1. The lowest BCUT2D eigenvalue weighted by Gasteiger charge is -2.08. The summed E-state index contributed by atoms with van der Waals surface area (Å²) in [5, 5.41) is 7.39. The number of benzene rings is 2. The minimum atomic E-state index is -0.230. The summed E-state index contributed by atoms with van der Waals surface area (Å²) >= 11 is 0. The Balaban J connectivity index is 1.29. The summed E-state index contributed by atoms with van der Waals surface area (Å²) < 4.78 is 0. The molecule has 0 radical (unpaired) electrons. The molecule has 6 heteroatoms. The maximum Gasteiger partial charge on any atom is 0.271 e. The second kappa shape index (κ2) is 8.56. The van der Waals surface area contributed by atoms with Gasteiger partial charge in [-0.05, 0) is 36.1 Å². The number of anilines is 1. The van der Waals surface area contributed by atoms with Gasteiger partial charge in [0.15, 0.2) is 0 Å². The van der Waals surface area contributed by atoms with Crippen LogP contribution >= 0.6 is 0 Å². The molecule has 3 N–H and O–H groups in total. The molecule has 0 aliphatic heterocycles. The molecule has 6 nitrogen and oxygen atoms in total. The molecule has 4 rings (SSSR count). The van der Waals surface area contributed by atoms with E-state index in [0.29, 0.717) is 18.1 Å². The van der Waals surface area contributed by atoms with Gasteiger partial charge in [0.2, 0.25) is 0 Å². The van der Waals surface area contributed by atoms with Crippen molar-refractivity contribution < 1.29 is 4.79 Å². The second-order valence-corrected chi connectivity index (χ2v) is 6.93. The van der Waals surface area contributed by atoms with Gasteiger partial charge in [0.25, 0.3) is 5.91 Å². The predicted octanol–water partition coefficient (Wildman–Crippen LogP) is 3.85. The van der Waals surface area contributed by atoms with Crippen molar-refractivity contribution in [3.8, 4) is 0 Å². The number of nitrogens with zero attached hydrogens (tertiary/aromatic N) is 2. The fourth-order valence-corrected chi connectivity index (χ4v) is 3.27. The number of hydrogen-bond donors (Lipinski definition) is 3. The van der Waals surface area contributed by atoms with Crippen LogP contribution in [0.3, 0.4) is 0 Å². The molecule has 0 atom stereocenters. The van der Waals surface area contributed by atoms with E-state index in [-0.39, 0.29) is 5.91 Å². The molecule has 2 heterocycles. The topological polar surface area (TPSA) is 82.7 Å². The number of H-pyrrole nitrogens is 1. The number of hydrogen-bond acceptors (Lipinski definition) is 4. The Morgan fingerprint density at radius 3 is 2.66 bits per heavy atom. The summed E-state index contributed by atoms with van der Waals surface area (Å²) in [6, 6.07) is 16.2. The number of carbonyl (C=O) groups excluding carboxylic acids is 1. The van der Waals surface area contributed by atoms with E-state index >= 15 is 0 Å². The van der Waals surface area contributed by atoms with E-state index in [4.69, 9.17) is 0 Å². The van der Waals surface area contributed by atoms with Gasteiger partial charge in [0.1, 0.15) is 11.5 Å². The van der Waals surface area contributed by atoms with Gasteiger partial charge in [-0.2, -0.15) is 0 Å². The van der Waals surface area contributed by atoms with Crippen LogP contribution in [0.2, 0.25) is 0 Å². The normalized spacial score (nSPS) is 10.8. The van der Waals surface area contributed by atoms with Crippen molar-refractivity contribution in [3.05, 3.63) is 89.5 Å². The first-order valence-electron chi connectivity index (χ1n) is 9.64. The fraction of sp³-hybridized carbons (Fsp3) is 0.174. The molecule has 0 saturated heterocycles. The number of aromatic amines is 1. The molecule has 2 aromatic heterocycles. The van der Waals surface area contributed by atoms with E-state index < -0.39 is 0 Å². The summed E-state index contributed by atoms with van der Waals surface area (Å²) in [6.07, 6.45) is 6.00. The first kappa shape index (κ1) is 18.7. The van der Waals surface area contributed by atoms with E-state index in [0.717, 1.165) is 29.6 Å². The molecule has 0 bridgehead atoms. The quantitative estimate of drug-likeness (QED) is 0.451. The van der Waals surface area contributed by atoms with Gasteiger partial charge in [-0.15, -0.1) is 0 Å². The minimum absolute atomic E-state index is 0.230. The van der Waals surface area contributed by atoms with Crippen molar-refractivity contribution in [1.29, 1.82) is 0 Å². The third-order valence-corrected chi connectivity index (χ3v) is 4.96. The van der Waals surface area contributed by atoms with Crippen LogP contribution < -0.4 is 10.6 Å². The Hall–Kier alpha value is -3.67. The third kappa shape index (κ3) is 4.43. The standard InChI is InChI=1S/C23H23N5O/c1-16-6-2-3-7-17(16)12-28-23(29)21-14-27-22(15-26-21)24-11-10-18-13-25-20-9-5-4-8-19(18)20/h2-9,13-15,25H,10-12H2,1H3,(H,24,27)(H,28,29). The Kier molecular flexibility index (Phi) is 5.52. The number of para-hydroxylation sites is 1. The van der Waals surface area contributed by atoms with Crippen LogP contribution in [0, 0.1) is 6.92 Å². The maximum atomic E-state index is 12.3. The number of aromatic nitrogens is 3. The summed E-state index contributed by atoms with van der Waals surface area (Å²) in [5.41, 5.74) is 4.94. The Morgan fingerprint density at radius 1 is 1.00 bits per heavy atom. The van der Waals surface area contributed by atoms with Crippen molar-refractivity contribution >= 4 is 22.6 Å². The van der Waals surface area contributed by atoms with Crippen molar-refractivity contribution in [2.75, 3.05) is 11.9 Å². The van der Waals surface area contributed by atoms with Crippen molar-refractivity contribution in [2.24, 2.45) is 0 Å². The average Bonchev–Trinajstić information content (AvgIpc) is 3.17. The van der Waals surface area contributed by atoms with E-state index in [1.807, 2.05) is 49.5 Å². The van der Waals surface area contributed by atoms with E-state index in [9.17, 15) is 4.79 Å². The predicted molar refractivity (Wildman–Crippen MR) is 115 cm³/mol.